The third-order valence-electron chi connectivity index (χ3n) is 6.21. The molecule has 1 aromatic rings. The number of aryl methyl sites for hydroxylation is 1. The number of carboxylic acids is 1. The molecule has 0 radical (unpaired) electrons. The second-order valence-electron chi connectivity index (χ2n) is 8.72. The number of aliphatic carboxylic acids is 1. The first kappa shape index (κ1) is 24.7. The molecule has 2 heteroatoms. The fourth-order valence-electron chi connectivity index (χ4n) is 4.13. The van der Waals surface area contributed by atoms with Crippen molar-refractivity contribution in [3.63, 3.8) is 0 Å². The molecule has 0 saturated carbocycles. The summed E-state index contributed by atoms with van der Waals surface area (Å²) < 4.78 is 0. The molecular weight excluding hydrogens is 344 g/mol. The van der Waals surface area contributed by atoms with E-state index in [0.29, 0.717) is 12.3 Å². The molecule has 1 aromatic carbocycles. The quantitative estimate of drug-likeness (QED) is 0.272. The van der Waals surface area contributed by atoms with E-state index in [2.05, 4.69) is 39.0 Å². The lowest BCUT2D eigenvalue weighted by molar-refractivity contribution is -0.137. The average Bonchev–Trinajstić information content (AvgIpc) is 2.66. The number of carbonyl (C=O) groups is 1. The van der Waals surface area contributed by atoms with Gasteiger partial charge in [-0.15, -0.1) is 0 Å². The van der Waals surface area contributed by atoms with Crippen molar-refractivity contribution in [2.75, 3.05) is 0 Å². The van der Waals surface area contributed by atoms with E-state index in [0.717, 1.165) is 12.8 Å². The van der Waals surface area contributed by atoms with Gasteiger partial charge in [-0.2, -0.15) is 0 Å². The van der Waals surface area contributed by atoms with Crippen molar-refractivity contribution in [1.29, 1.82) is 0 Å². The van der Waals surface area contributed by atoms with Crippen LogP contribution < -0.4 is 0 Å². The molecule has 1 atom stereocenters. The number of rotatable bonds is 17. The molecule has 2 nitrogen and oxygen atoms in total. The van der Waals surface area contributed by atoms with Crippen LogP contribution in [0.15, 0.2) is 18.2 Å². The minimum Gasteiger partial charge on any atom is -0.481 e. The largest absolute Gasteiger partial charge is 0.481 e. The van der Waals surface area contributed by atoms with Gasteiger partial charge in [-0.1, -0.05) is 102 Å². The van der Waals surface area contributed by atoms with Gasteiger partial charge in [-0.25, -0.2) is 0 Å². The van der Waals surface area contributed by atoms with Crippen LogP contribution in [0.4, 0.5) is 0 Å². The van der Waals surface area contributed by atoms with Crippen molar-refractivity contribution >= 4 is 5.97 Å². The summed E-state index contributed by atoms with van der Waals surface area (Å²) in [4.78, 5) is 10.4. The van der Waals surface area contributed by atoms with E-state index in [4.69, 9.17) is 5.11 Å². The molecule has 0 fully saturated rings. The van der Waals surface area contributed by atoms with Crippen molar-refractivity contribution in [3.05, 3.63) is 34.9 Å². The molecule has 0 saturated heterocycles. The molecule has 0 aliphatic heterocycles. The van der Waals surface area contributed by atoms with E-state index in [-0.39, 0.29) is 0 Å². The van der Waals surface area contributed by atoms with Crippen molar-refractivity contribution in [2.45, 2.75) is 123 Å². The molecule has 1 N–H and O–H groups in total. The van der Waals surface area contributed by atoms with Crippen molar-refractivity contribution < 1.29 is 9.90 Å². The minimum absolute atomic E-state index is 0.338. The standard InChI is InChI=1S/C26H44O2/c1-22-19-17-20-25(24(22)3)23(2)18-15-13-11-9-7-5-4-6-8-10-12-14-16-21-26(27)28/h17,19-20,23H,4-16,18,21H2,1-3H3,(H,27,28). The van der Waals surface area contributed by atoms with Crippen molar-refractivity contribution in [3.8, 4) is 0 Å². The van der Waals surface area contributed by atoms with E-state index < -0.39 is 5.97 Å². The summed E-state index contributed by atoms with van der Waals surface area (Å²) in [5, 5.41) is 8.60. The summed E-state index contributed by atoms with van der Waals surface area (Å²) in [5.41, 5.74) is 4.44. The topological polar surface area (TPSA) is 37.3 Å². The van der Waals surface area contributed by atoms with E-state index >= 15 is 0 Å². The van der Waals surface area contributed by atoms with Gasteiger partial charge >= 0.3 is 5.97 Å². The van der Waals surface area contributed by atoms with Crippen LogP contribution in [0.3, 0.4) is 0 Å². The van der Waals surface area contributed by atoms with Crippen LogP contribution in [0.2, 0.25) is 0 Å². The van der Waals surface area contributed by atoms with Crippen molar-refractivity contribution in [2.24, 2.45) is 0 Å². The van der Waals surface area contributed by atoms with Gasteiger partial charge in [0, 0.05) is 6.42 Å². The van der Waals surface area contributed by atoms with Crippen LogP contribution in [-0.2, 0) is 4.79 Å². The molecule has 28 heavy (non-hydrogen) atoms. The molecule has 0 heterocycles. The van der Waals surface area contributed by atoms with Crippen LogP contribution in [0, 0.1) is 13.8 Å². The van der Waals surface area contributed by atoms with Gasteiger partial charge in [0.25, 0.3) is 0 Å². The predicted molar refractivity (Wildman–Crippen MR) is 121 cm³/mol. The Labute approximate surface area is 174 Å². The Balaban J connectivity index is 1.88. The Morgan fingerprint density at radius 1 is 0.786 bits per heavy atom. The molecule has 1 rings (SSSR count). The lowest BCUT2D eigenvalue weighted by Crippen LogP contribution is -1.98. The monoisotopic (exact) mass is 388 g/mol. The maximum Gasteiger partial charge on any atom is 0.303 e. The summed E-state index contributed by atoms with van der Waals surface area (Å²) in [7, 11) is 0. The van der Waals surface area contributed by atoms with Crippen molar-refractivity contribution in [1.82, 2.24) is 0 Å². The third-order valence-corrected chi connectivity index (χ3v) is 6.21. The molecule has 0 aromatic heterocycles. The van der Waals surface area contributed by atoms with Gasteiger partial charge in [0.05, 0.1) is 0 Å². The molecular formula is C26H44O2. The highest BCUT2D eigenvalue weighted by atomic mass is 16.4. The highest BCUT2D eigenvalue weighted by molar-refractivity contribution is 5.66. The summed E-state index contributed by atoms with van der Waals surface area (Å²) in [6, 6.07) is 6.73. The fourth-order valence-corrected chi connectivity index (χ4v) is 4.13. The first-order valence-corrected chi connectivity index (χ1v) is 11.8. The van der Waals surface area contributed by atoms with Crippen LogP contribution in [0.5, 0.6) is 0 Å². The third kappa shape index (κ3) is 11.5. The van der Waals surface area contributed by atoms with Crippen LogP contribution in [0.25, 0.3) is 0 Å². The molecule has 0 spiro atoms. The molecule has 0 amide bonds. The molecule has 0 aliphatic carbocycles. The summed E-state index contributed by atoms with van der Waals surface area (Å²) in [6.07, 6.45) is 18.4. The number of carboxylic acid groups (broad SMARTS) is 1. The van der Waals surface area contributed by atoms with E-state index in [1.807, 2.05) is 0 Å². The first-order chi connectivity index (χ1) is 13.5. The Kier molecular flexibility index (Phi) is 13.8. The molecule has 0 bridgehead atoms. The maximum absolute atomic E-state index is 10.4. The van der Waals surface area contributed by atoms with E-state index in [1.165, 1.54) is 88.2 Å². The molecule has 1 unspecified atom stereocenters. The van der Waals surface area contributed by atoms with Crippen LogP contribution in [-0.4, -0.2) is 11.1 Å². The van der Waals surface area contributed by atoms with Gasteiger partial charge in [-0.05, 0) is 49.3 Å². The molecule has 160 valence electrons. The van der Waals surface area contributed by atoms with Crippen LogP contribution >= 0.6 is 0 Å². The second-order valence-corrected chi connectivity index (χ2v) is 8.72. The number of hydrogen-bond donors (Lipinski definition) is 1. The highest BCUT2D eigenvalue weighted by Gasteiger charge is 2.09. The summed E-state index contributed by atoms with van der Waals surface area (Å²) in [6.45, 7) is 6.86. The zero-order chi connectivity index (χ0) is 20.6. The zero-order valence-electron chi connectivity index (χ0n) is 18.8. The number of benzene rings is 1. The Morgan fingerprint density at radius 3 is 1.75 bits per heavy atom. The second kappa shape index (κ2) is 15.6. The van der Waals surface area contributed by atoms with Gasteiger partial charge in [0.15, 0.2) is 0 Å². The fraction of sp³-hybridized carbons (Fsp3) is 0.731. The van der Waals surface area contributed by atoms with Crippen LogP contribution in [0.1, 0.15) is 126 Å². The SMILES string of the molecule is Cc1cccc(C(C)CCCCCCCCCCCCCCCC(=O)O)c1C. The number of hydrogen-bond acceptors (Lipinski definition) is 1. The average molecular weight is 389 g/mol. The highest BCUT2D eigenvalue weighted by Crippen LogP contribution is 2.26. The van der Waals surface area contributed by atoms with Gasteiger partial charge in [0.1, 0.15) is 0 Å². The Hall–Kier alpha value is -1.31. The number of unbranched alkanes of at least 4 members (excludes halogenated alkanes) is 12. The Bertz CT molecular complexity index is 535. The van der Waals surface area contributed by atoms with E-state index in [9.17, 15) is 4.79 Å². The zero-order valence-corrected chi connectivity index (χ0v) is 18.8. The molecule has 0 aliphatic rings. The maximum atomic E-state index is 10.4. The lowest BCUT2D eigenvalue weighted by atomic mass is 9.90. The lowest BCUT2D eigenvalue weighted by Gasteiger charge is -2.16. The summed E-state index contributed by atoms with van der Waals surface area (Å²) in [5.74, 6) is 0.0277. The van der Waals surface area contributed by atoms with E-state index in [1.54, 1.807) is 5.56 Å². The normalized spacial score (nSPS) is 12.2. The Morgan fingerprint density at radius 2 is 1.25 bits per heavy atom. The smallest absolute Gasteiger partial charge is 0.303 e. The minimum atomic E-state index is -0.657. The summed E-state index contributed by atoms with van der Waals surface area (Å²) >= 11 is 0. The van der Waals surface area contributed by atoms with Gasteiger partial charge in [0.2, 0.25) is 0 Å². The first-order valence-electron chi connectivity index (χ1n) is 11.8. The predicted octanol–water partition coefficient (Wildman–Crippen LogP) is 8.34. The van der Waals surface area contributed by atoms with Gasteiger partial charge < -0.3 is 5.11 Å². The van der Waals surface area contributed by atoms with Gasteiger partial charge in [-0.3, -0.25) is 4.79 Å².